The van der Waals surface area contributed by atoms with Crippen molar-refractivity contribution in [2.75, 3.05) is 13.3 Å². The van der Waals surface area contributed by atoms with Crippen LogP contribution in [0, 0.1) is 0 Å². The molecule has 170 valence electrons. The van der Waals surface area contributed by atoms with Crippen LogP contribution >= 0.6 is 19.1 Å². The highest BCUT2D eigenvalue weighted by molar-refractivity contribution is 7.56. The highest BCUT2D eigenvalue weighted by Crippen LogP contribution is 2.43. The molecule has 1 saturated heterocycles. The molecule has 10 nitrogen and oxygen atoms in total. The number of nitrogens with one attached hydrogen (secondary N) is 1. The second-order valence-electron chi connectivity index (χ2n) is 7.86. The lowest BCUT2D eigenvalue weighted by Crippen LogP contribution is -2.50. The smallest absolute Gasteiger partial charge is 0.323 e. The molecule has 2 aliphatic heterocycles. The number of rotatable bonds is 8. The number of amides is 1. The number of ether oxygens (including phenoxy) is 2. The van der Waals surface area contributed by atoms with Gasteiger partial charge in [0.1, 0.15) is 23.1 Å². The molecule has 1 amide bonds. The zero-order valence-corrected chi connectivity index (χ0v) is 19.2. The van der Waals surface area contributed by atoms with Gasteiger partial charge in [-0.05, 0) is 33.8 Å². The molecule has 0 spiro atoms. The predicted octanol–water partition coefficient (Wildman–Crippen LogP) is 1.15. The van der Waals surface area contributed by atoms with Crippen LogP contribution in [0.15, 0.2) is 12.3 Å². The van der Waals surface area contributed by atoms with Gasteiger partial charge in [0.2, 0.25) is 5.91 Å². The predicted molar refractivity (Wildman–Crippen MR) is 108 cm³/mol. The normalized spacial score (nSPS) is 32.4. The number of alkyl halides is 1. The summed E-state index contributed by atoms with van der Waals surface area (Å²) in [4.78, 5) is 35.2. The second-order valence-corrected chi connectivity index (χ2v) is 10.9. The number of carbonyl (C=O) groups excluding carboxylic acids is 3. The Morgan fingerprint density at radius 3 is 2.67 bits per heavy atom. The summed E-state index contributed by atoms with van der Waals surface area (Å²) in [6.07, 6.45) is -1.45. The minimum absolute atomic E-state index is 0.308. The van der Waals surface area contributed by atoms with E-state index >= 15 is 0 Å². The Bertz CT molecular complexity index is 771. The number of aliphatic hydroxyl groups excluding tert-OH is 1. The molecule has 0 aromatic heterocycles. The average molecular weight is 467 g/mol. The first-order valence-corrected chi connectivity index (χ1v) is 11.9. The summed E-state index contributed by atoms with van der Waals surface area (Å²) in [5, 5.41) is 13.2. The standard InChI is InChI=1S/C18H28ClN2O8P/c1-10(2)28-16(25)11(3)20-30(5,26)27-9-13-15(24)18(4,19)17(29-13)21-7-6-12(22)8-14(21)23/h6-7,10-11,13,15,17,24H,8-9H2,1-5H3,(H,20,26)/t11-,13-,15-,17-,18-,30+/m1/s1. The molecule has 0 aromatic rings. The van der Waals surface area contributed by atoms with Crippen LogP contribution in [0.5, 0.6) is 0 Å². The Morgan fingerprint density at radius 2 is 2.10 bits per heavy atom. The highest BCUT2D eigenvalue weighted by atomic mass is 35.5. The summed E-state index contributed by atoms with van der Waals surface area (Å²) in [5.41, 5.74) is 0. The van der Waals surface area contributed by atoms with Gasteiger partial charge < -0.3 is 19.1 Å². The van der Waals surface area contributed by atoms with Crippen molar-refractivity contribution in [3.63, 3.8) is 0 Å². The molecule has 2 N–H and O–H groups in total. The van der Waals surface area contributed by atoms with E-state index in [4.69, 9.17) is 25.6 Å². The second kappa shape index (κ2) is 9.46. The third-order valence-electron chi connectivity index (χ3n) is 4.62. The van der Waals surface area contributed by atoms with Gasteiger partial charge >= 0.3 is 5.97 Å². The van der Waals surface area contributed by atoms with Crippen molar-refractivity contribution < 1.29 is 38.1 Å². The number of allylic oxidation sites excluding steroid dienone is 1. The SMILES string of the molecule is CC(C)OC(=O)[C@@H](C)N[P@@](C)(=O)OC[C@H]1O[C@@H](N2C=CC(=O)CC2=O)[C@](C)(Cl)[C@@H]1O. The largest absolute Gasteiger partial charge is 0.462 e. The fourth-order valence-corrected chi connectivity index (χ4v) is 4.71. The zero-order valence-electron chi connectivity index (χ0n) is 17.5. The number of nitrogens with zero attached hydrogens (tertiary/aromatic N) is 1. The van der Waals surface area contributed by atoms with Gasteiger partial charge in [-0.2, -0.15) is 0 Å². The van der Waals surface area contributed by atoms with Crippen LogP contribution in [0.4, 0.5) is 0 Å². The Hall–Kier alpha value is -1.29. The lowest BCUT2D eigenvalue weighted by Gasteiger charge is -2.34. The molecular weight excluding hydrogens is 439 g/mol. The lowest BCUT2D eigenvalue weighted by atomic mass is 9.99. The van der Waals surface area contributed by atoms with E-state index in [-0.39, 0.29) is 24.9 Å². The van der Waals surface area contributed by atoms with Crippen LogP contribution in [0.1, 0.15) is 34.1 Å². The van der Waals surface area contributed by atoms with Crippen molar-refractivity contribution >= 4 is 36.8 Å². The van der Waals surface area contributed by atoms with E-state index in [1.165, 1.54) is 32.8 Å². The summed E-state index contributed by atoms with van der Waals surface area (Å²) in [5.74, 6) is -1.42. The molecule has 2 heterocycles. The van der Waals surface area contributed by atoms with Crippen molar-refractivity contribution in [1.82, 2.24) is 9.99 Å². The molecule has 2 aliphatic rings. The van der Waals surface area contributed by atoms with Crippen LogP contribution in [0.2, 0.25) is 0 Å². The topological polar surface area (TPSA) is 131 Å². The quantitative estimate of drug-likeness (QED) is 0.234. The fourth-order valence-electron chi connectivity index (χ4n) is 3.10. The molecule has 12 heteroatoms. The number of aliphatic hydroxyl groups is 1. The van der Waals surface area contributed by atoms with Crippen molar-refractivity contribution in [3.8, 4) is 0 Å². The number of hydrogen-bond donors (Lipinski definition) is 2. The van der Waals surface area contributed by atoms with E-state index in [9.17, 15) is 24.1 Å². The maximum absolute atomic E-state index is 12.7. The van der Waals surface area contributed by atoms with Crippen molar-refractivity contribution in [2.24, 2.45) is 0 Å². The number of halogens is 1. The molecule has 0 saturated carbocycles. The van der Waals surface area contributed by atoms with Crippen LogP contribution in [0.25, 0.3) is 0 Å². The third kappa shape index (κ3) is 5.90. The van der Waals surface area contributed by atoms with E-state index in [2.05, 4.69) is 5.09 Å². The summed E-state index contributed by atoms with van der Waals surface area (Å²) >= 11 is 6.45. The molecule has 0 bridgehead atoms. The molecule has 0 aromatic carbocycles. The number of ketones is 1. The van der Waals surface area contributed by atoms with Crippen molar-refractivity contribution in [3.05, 3.63) is 12.3 Å². The summed E-state index contributed by atoms with van der Waals surface area (Å²) in [7, 11) is -3.46. The molecular formula is C18H28ClN2O8P. The Kier molecular flexibility index (Phi) is 7.88. The van der Waals surface area contributed by atoms with Gasteiger partial charge in [0.15, 0.2) is 12.0 Å². The van der Waals surface area contributed by atoms with Gasteiger partial charge in [-0.1, -0.05) is 0 Å². The molecule has 0 aliphatic carbocycles. The summed E-state index contributed by atoms with van der Waals surface area (Å²) < 4.78 is 28.9. The molecule has 1 fully saturated rings. The molecule has 0 unspecified atom stereocenters. The molecule has 30 heavy (non-hydrogen) atoms. The third-order valence-corrected chi connectivity index (χ3v) is 6.53. The van der Waals surface area contributed by atoms with Crippen LogP contribution in [-0.2, 0) is 32.9 Å². The minimum atomic E-state index is -3.46. The average Bonchev–Trinajstić information content (AvgIpc) is 2.82. The molecule has 0 radical (unpaired) electrons. The summed E-state index contributed by atoms with van der Waals surface area (Å²) in [6, 6.07) is -0.877. The zero-order chi connectivity index (χ0) is 22.9. The summed E-state index contributed by atoms with van der Waals surface area (Å²) in [6.45, 7) is 7.36. The van der Waals surface area contributed by atoms with Gasteiger partial charge in [-0.25, -0.2) is 5.09 Å². The number of esters is 1. The van der Waals surface area contributed by atoms with Crippen LogP contribution in [-0.4, -0.2) is 76.4 Å². The van der Waals surface area contributed by atoms with Crippen molar-refractivity contribution in [1.29, 1.82) is 0 Å². The molecule has 6 atom stereocenters. The van der Waals surface area contributed by atoms with Crippen LogP contribution in [0.3, 0.4) is 0 Å². The highest BCUT2D eigenvalue weighted by Gasteiger charge is 2.55. The van der Waals surface area contributed by atoms with Gasteiger partial charge in [0, 0.05) is 12.9 Å². The van der Waals surface area contributed by atoms with Gasteiger partial charge in [0.05, 0.1) is 19.1 Å². The Balaban J connectivity index is 2.01. The van der Waals surface area contributed by atoms with E-state index in [1.54, 1.807) is 13.8 Å². The Morgan fingerprint density at radius 1 is 1.47 bits per heavy atom. The molecule has 2 rings (SSSR count). The van der Waals surface area contributed by atoms with Crippen molar-refractivity contribution in [2.45, 2.75) is 69.6 Å². The Labute approximate surface area is 180 Å². The monoisotopic (exact) mass is 466 g/mol. The first kappa shape index (κ1) is 25.0. The lowest BCUT2D eigenvalue weighted by molar-refractivity contribution is -0.149. The van der Waals surface area contributed by atoms with Gasteiger partial charge in [0.25, 0.3) is 7.52 Å². The first-order chi connectivity index (χ1) is 13.7. The maximum atomic E-state index is 12.7. The van der Waals surface area contributed by atoms with Crippen LogP contribution < -0.4 is 5.09 Å². The number of carbonyl (C=O) groups is 3. The fraction of sp³-hybridized carbons (Fsp3) is 0.722. The van der Waals surface area contributed by atoms with Gasteiger partial charge in [-0.3, -0.25) is 23.8 Å². The van der Waals surface area contributed by atoms with E-state index in [1.807, 2.05) is 0 Å². The van der Waals surface area contributed by atoms with Gasteiger partial charge in [-0.15, -0.1) is 11.6 Å². The first-order valence-electron chi connectivity index (χ1n) is 9.49. The minimum Gasteiger partial charge on any atom is -0.462 e. The van der Waals surface area contributed by atoms with E-state index < -0.39 is 48.7 Å². The maximum Gasteiger partial charge on any atom is 0.323 e. The van der Waals surface area contributed by atoms with E-state index in [0.717, 1.165) is 4.90 Å². The van der Waals surface area contributed by atoms with E-state index in [0.29, 0.717) is 0 Å². The number of hydrogen-bond acceptors (Lipinski definition) is 8.